The molecule has 110 valence electrons. The zero-order valence-corrected chi connectivity index (χ0v) is 13.0. The molecule has 1 N–H and O–H groups in total. The van der Waals surface area contributed by atoms with E-state index in [1.54, 1.807) is 0 Å². The van der Waals surface area contributed by atoms with Gasteiger partial charge in [0, 0.05) is 44.0 Å². The number of hydrogen-bond donors (Lipinski definition) is 1. The highest BCUT2D eigenvalue weighted by molar-refractivity contribution is 5.55. The van der Waals surface area contributed by atoms with Gasteiger partial charge in [0.15, 0.2) is 0 Å². The number of nitrogens with one attached hydrogen (secondary N) is 1. The molecule has 3 rings (SSSR count). The summed E-state index contributed by atoms with van der Waals surface area (Å²) in [5.41, 5.74) is 4.25. The largest absolute Gasteiger partial charge is 0.366 e. The van der Waals surface area contributed by atoms with Gasteiger partial charge >= 0.3 is 0 Å². The van der Waals surface area contributed by atoms with Crippen LogP contribution in [-0.4, -0.2) is 43.7 Å². The summed E-state index contributed by atoms with van der Waals surface area (Å²) in [6, 6.07) is 8.36. The third kappa shape index (κ3) is 3.15. The van der Waals surface area contributed by atoms with Crippen LogP contribution in [0.4, 0.5) is 5.69 Å². The van der Waals surface area contributed by atoms with E-state index >= 15 is 0 Å². The first-order chi connectivity index (χ1) is 9.63. The number of aryl methyl sites for hydroxylation is 1. The molecule has 3 nitrogen and oxygen atoms in total. The Morgan fingerprint density at radius 2 is 2.05 bits per heavy atom. The van der Waals surface area contributed by atoms with E-state index in [-0.39, 0.29) is 0 Å². The summed E-state index contributed by atoms with van der Waals surface area (Å²) in [6.07, 6.45) is 2.71. The number of likely N-dealkylation sites (N-methyl/N-ethyl adjacent to an activating group) is 1. The van der Waals surface area contributed by atoms with Gasteiger partial charge in [-0.2, -0.15) is 0 Å². The van der Waals surface area contributed by atoms with E-state index in [1.165, 1.54) is 29.7 Å². The zero-order valence-electron chi connectivity index (χ0n) is 13.0. The van der Waals surface area contributed by atoms with Crippen LogP contribution in [0.3, 0.4) is 0 Å². The SMILES string of the molecule is Cc1cc(CNC2CC2)ccc1N1CCN(C)CC1C. The van der Waals surface area contributed by atoms with E-state index < -0.39 is 0 Å². The molecule has 0 spiro atoms. The van der Waals surface area contributed by atoms with Gasteiger partial charge in [0.2, 0.25) is 0 Å². The average molecular weight is 273 g/mol. The molecule has 1 aromatic carbocycles. The molecule has 0 aromatic heterocycles. The Balaban J connectivity index is 1.69. The first kappa shape index (κ1) is 13.9. The van der Waals surface area contributed by atoms with Crippen molar-refractivity contribution >= 4 is 5.69 Å². The molecule has 1 aliphatic carbocycles. The number of benzene rings is 1. The Hall–Kier alpha value is -1.06. The van der Waals surface area contributed by atoms with Crippen LogP contribution >= 0.6 is 0 Å². The Bertz CT molecular complexity index is 467. The van der Waals surface area contributed by atoms with E-state index in [0.29, 0.717) is 6.04 Å². The van der Waals surface area contributed by atoms with Crippen LogP contribution in [0.1, 0.15) is 30.9 Å². The minimum Gasteiger partial charge on any atom is -0.366 e. The van der Waals surface area contributed by atoms with E-state index in [0.717, 1.165) is 32.2 Å². The molecule has 0 bridgehead atoms. The lowest BCUT2D eigenvalue weighted by atomic mass is 10.1. The fourth-order valence-electron chi connectivity index (χ4n) is 3.20. The van der Waals surface area contributed by atoms with Gasteiger partial charge in [-0.15, -0.1) is 0 Å². The fraction of sp³-hybridized carbons (Fsp3) is 0.647. The van der Waals surface area contributed by atoms with E-state index in [1.807, 2.05) is 0 Å². The second kappa shape index (κ2) is 5.74. The van der Waals surface area contributed by atoms with Gasteiger partial charge in [0.05, 0.1) is 0 Å². The van der Waals surface area contributed by atoms with Gasteiger partial charge in [0.1, 0.15) is 0 Å². The van der Waals surface area contributed by atoms with Crippen LogP contribution in [0, 0.1) is 6.92 Å². The molecule has 1 aromatic rings. The fourth-order valence-corrected chi connectivity index (χ4v) is 3.20. The molecule has 1 unspecified atom stereocenters. The van der Waals surface area contributed by atoms with E-state index in [4.69, 9.17) is 0 Å². The number of piperazine rings is 1. The lowest BCUT2D eigenvalue weighted by Gasteiger charge is -2.40. The van der Waals surface area contributed by atoms with Gasteiger partial charge in [-0.1, -0.05) is 12.1 Å². The molecule has 1 saturated heterocycles. The van der Waals surface area contributed by atoms with Gasteiger partial charge in [-0.25, -0.2) is 0 Å². The van der Waals surface area contributed by atoms with Crippen molar-refractivity contribution in [1.82, 2.24) is 10.2 Å². The van der Waals surface area contributed by atoms with Gasteiger partial charge in [0.25, 0.3) is 0 Å². The Morgan fingerprint density at radius 3 is 2.70 bits per heavy atom. The topological polar surface area (TPSA) is 18.5 Å². The van der Waals surface area contributed by atoms with Crippen molar-refractivity contribution in [3.05, 3.63) is 29.3 Å². The van der Waals surface area contributed by atoms with Gasteiger partial charge in [-0.05, 0) is 50.9 Å². The predicted molar refractivity (Wildman–Crippen MR) is 85.3 cm³/mol. The van der Waals surface area contributed by atoms with E-state index in [2.05, 4.69) is 54.2 Å². The monoisotopic (exact) mass is 273 g/mol. The predicted octanol–water partition coefficient (Wildman–Crippen LogP) is 2.39. The maximum absolute atomic E-state index is 3.59. The summed E-state index contributed by atoms with van der Waals surface area (Å²) >= 11 is 0. The summed E-state index contributed by atoms with van der Waals surface area (Å²) in [4.78, 5) is 4.98. The standard InChI is InChI=1S/C17H27N3/c1-13-10-15(11-18-16-5-6-16)4-7-17(13)20-9-8-19(3)12-14(20)2/h4,7,10,14,16,18H,5-6,8-9,11-12H2,1-3H3. The van der Waals surface area contributed by atoms with Crippen molar-refractivity contribution < 1.29 is 0 Å². The van der Waals surface area contributed by atoms with Crippen molar-refractivity contribution in [2.45, 2.75) is 45.3 Å². The maximum atomic E-state index is 3.59. The molecule has 0 amide bonds. The van der Waals surface area contributed by atoms with Crippen LogP contribution < -0.4 is 10.2 Å². The number of anilines is 1. The molecule has 3 heteroatoms. The summed E-state index contributed by atoms with van der Waals surface area (Å²) in [7, 11) is 2.22. The molecule has 0 radical (unpaired) electrons. The Kier molecular flexibility index (Phi) is 3.99. The van der Waals surface area contributed by atoms with Crippen LogP contribution in [-0.2, 0) is 6.54 Å². The maximum Gasteiger partial charge on any atom is 0.0399 e. The first-order valence-corrected chi connectivity index (χ1v) is 7.91. The van der Waals surface area contributed by atoms with Crippen molar-refractivity contribution in [2.75, 3.05) is 31.6 Å². The van der Waals surface area contributed by atoms with E-state index in [9.17, 15) is 0 Å². The third-order valence-electron chi connectivity index (χ3n) is 4.57. The molecular weight excluding hydrogens is 246 g/mol. The highest BCUT2D eigenvalue weighted by atomic mass is 15.3. The normalized spacial score (nSPS) is 24.1. The van der Waals surface area contributed by atoms with Crippen LogP contribution in [0.2, 0.25) is 0 Å². The summed E-state index contributed by atoms with van der Waals surface area (Å²) in [5.74, 6) is 0. The Labute approximate surface area is 123 Å². The van der Waals surface area contributed by atoms with Crippen molar-refractivity contribution in [2.24, 2.45) is 0 Å². The highest BCUT2D eigenvalue weighted by Crippen LogP contribution is 2.26. The molecule has 1 saturated carbocycles. The lowest BCUT2D eigenvalue weighted by Crippen LogP contribution is -2.50. The molecular formula is C17H27N3. The number of rotatable bonds is 4. The smallest absolute Gasteiger partial charge is 0.0399 e. The minimum absolute atomic E-state index is 0.600. The molecule has 2 aliphatic rings. The van der Waals surface area contributed by atoms with Crippen molar-refractivity contribution in [3.8, 4) is 0 Å². The first-order valence-electron chi connectivity index (χ1n) is 7.91. The van der Waals surface area contributed by atoms with Crippen LogP contribution in [0.15, 0.2) is 18.2 Å². The molecule has 2 fully saturated rings. The molecule has 1 atom stereocenters. The molecule has 1 heterocycles. The van der Waals surface area contributed by atoms with Crippen LogP contribution in [0.25, 0.3) is 0 Å². The van der Waals surface area contributed by atoms with Crippen molar-refractivity contribution in [1.29, 1.82) is 0 Å². The minimum atomic E-state index is 0.600. The van der Waals surface area contributed by atoms with Crippen molar-refractivity contribution in [3.63, 3.8) is 0 Å². The highest BCUT2D eigenvalue weighted by Gasteiger charge is 2.23. The number of nitrogens with zero attached hydrogens (tertiary/aromatic N) is 2. The third-order valence-corrected chi connectivity index (χ3v) is 4.57. The summed E-state index contributed by atoms with van der Waals surface area (Å²) < 4.78 is 0. The zero-order chi connectivity index (χ0) is 14.1. The lowest BCUT2D eigenvalue weighted by molar-refractivity contribution is 0.275. The second-order valence-corrected chi connectivity index (χ2v) is 6.58. The summed E-state index contributed by atoms with van der Waals surface area (Å²) in [6.45, 7) is 9.06. The van der Waals surface area contributed by atoms with Gasteiger partial charge in [-0.3, -0.25) is 0 Å². The van der Waals surface area contributed by atoms with Gasteiger partial charge < -0.3 is 15.1 Å². The Morgan fingerprint density at radius 1 is 1.25 bits per heavy atom. The number of hydrogen-bond acceptors (Lipinski definition) is 3. The molecule has 20 heavy (non-hydrogen) atoms. The van der Waals surface area contributed by atoms with Crippen LogP contribution in [0.5, 0.6) is 0 Å². The quantitative estimate of drug-likeness (QED) is 0.909. The second-order valence-electron chi connectivity index (χ2n) is 6.58. The average Bonchev–Trinajstić information content (AvgIpc) is 3.22. The summed E-state index contributed by atoms with van der Waals surface area (Å²) in [5, 5.41) is 3.59. The molecule has 1 aliphatic heterocycles.